The molecule has 1 saturated carbocycles. The highest BCUT2D eigenvalue weighted by Crippen LogP contribution is 2.51. The molecule has 2 aliphatic rings. The molecule has 3 aromatic rings. The lowest BCUT2D eigenvalue weighted by atomic mass is 10.0. The molecule has 1 unspecified atom stereocenters. The maximum atomic E-state index is 6.14. The van der Waals surface area contributed by atoms with E-state index in [0.29, 0.717) is 6.79 Å². The summed E-state index contributed by atoms with van der Waals surface area (Å²) in [5.74, 6) is 1.65. The number of nitrogens with one attached hydrogen (secondary N) is 1. The first-order valence-electron chi connectivity index (χ1n) is 10.8. The molecule has 0 spiro atoms. The minimum Gasteiger partial charge on any atom is -0.454 e. The molecule has 0 bridgehead atoms. The molecule has 5 rings (SSSR count). The molecule has 1 aliphatic heterocycles. The quantitative estimate of drug-likeness (QED) is 0.447. The Morgan fingerprint density at radius 2 is 1.84 bits per heavy atom. The standard InChI is InChI=1S/C24H26ClN3O2S/c1-3-28(4-2)22(16-5-8-18(25)9-6-16)21-14-26-23(31-21)27-24(11-12-24)17-7-10-19-20(13-17)30-15-29-19/h5-10,13-14,22H,3-4,11-12,15H2,1-2H3,(H,26,27). The SMILES string of the molecule is CCN(CC)C(c1ccc(Cl)cc1)c1cnc(NC2(c3ccc4c(c3)OCO4)CC2)s1. The van der Waals surface area contributed by atoms with Gasteiger partial charge in [0.05, 0.1) is 11.6 Å². The molecule has 1 atom stereocenters. The zero-order valence-corrected chi connectivity index (χ0v) is 19.3. The average Bonchev–Trinajstić information content (AvgIpc) is 3.19. The van der Waals surface area contributed by atoms with Crippen LogP contribution in [0.4, 0.5) is 5.13 Å². The Hall–Kier alpha value is -2.28. The number of anilines is 1. The molecule has 7 heteroatoms. The summed E-state index contributed by atoms with van der Waals surface area (Å²) >= 11 is 7.87. The fourth-order valence-corrected chi connectivity index (χ4v) is 5.47. The highest BCUT2D eigenvalue weighted by Gasteiger charge is 2.45. The van der Waals surface area contributed by atoms with Gasteiger partial charge < -0.3 is 14.8 Å². The van der Waals surface area contributed by atoms with E-state index in [-0.39, 0.29) is 11.6 Å². The first kappa shape index (κ1) is 20.6. The second kappa shape index (κ2) is 8.34. The van der Waals surface area contributed by atoms with E-state index in [2.05, 4.69) is 48.3 Å². The molecule has 31 heavy (non-hydrogen) atoms. The molecule has 162 valence electrons. The van der Waals surface area contributed by atoms with Crippen LogP contribution in [0, 0.1) is 0 Å². The predicted molar refractivity (Wildman–Crippen MR) is 125 cm³/mol. The van der Waals surface area contributed by atoms with Crippen LogP contribution in [0.1, 0.15) is 48.7 Å². The Morgan fingerprint density at radius 3 is 2.55 bits per heavy atom. The number of aromatic nitrogens is 1. The third-order valence-corrected chi connectivity index (χ3v) is 7.39. The molecular weight excluding hydrogens is 430 g/mol. The van der Waals surface area contributed by atoms with Crippen molar-refractivity contribution >= 4 is 28.1 Å². The van der Waals surface area contributed by atoms with Crippen molar-refractivity contribution in [1.29, 1.82) is 0 Å². The van der Waals surface area contributed by atoms with E-state index >= 15 is 0 Å². The number of rotatable bonds is 8. The van der Waals surface area contributed by atoms with Crippen molar-refractivity contribution in [2.24, 2.45) is 0 Å². The van der Waals surface area contributed by atoms with E-state index in [9.17, 15) is 0 Å². The number of fused-ring (bicyclic) bond motifs is 1. The zero-order valence-electron chi connectivity index (χ0n) is 17.7. The number of thiazole rings is 1. The van der Waals surface area contributed by atoms with Gasteiger partial charge in [0.25, 0.3) is 0 Å². The minimum atomic E-state index is -0.0684. The lowest BCUT2D eigenvalue weighted by Crippen LogP contribution is -2.28. The van der Waals surface area contributed by atoms with Crippen molar-refractivity contribution in [2.45, 2.75) is 38.3 Å². The van der Waals surface area contributed by atoms with E-state index in [1.807, 2.05) is 24.4 Å². The molecular formula is C24H26ClN3O2S. The molecule has 1 aliphatic carbocycles. The Morgan fingerprint density at radius 1 is 1.10 bits per heavy atom. The Kier molecular flexibility index (Phi) is 5.54. The maximum Gasteiger partial charge on any atom is 0.231 e. The molecule has 0 amide bonds. The van der Waals surface area contributed by atoms with Gasteiger partial charge >= 0.3 is 0 Å². The topological polar surface area (TPSA) is 46.6 Å². The summed E-state index contributed by atoms with van der Waals surface area (Å²) in [6.07, 6.45) is 4.18. The van der Waals surface area contributed by atoms with Crippen LogP contribution in [-0.2, 0) is 5.54 Å². The Labute approximate surface area is 192 Å². The number of hydrogen-bond donors (Lipinski definition) is 1. The van der Waals surface area contributed by atoms with E-state index < -0.39 is 0 Å². The molecule has 1 aromatic heterocycles. The predicted octanol–water partition coefficient (Wildman–Crippen LogP) is 6.06. The van der Waals surface area contributed by atoms with Crippen molar-refractivity contribution in [3.05, 3.63) is 69.7 Å². The first-order chi connectivity index (χ1) is 15.1. The minimum absolute atomic E-state index is 0.0684. The summed E-state index contributed by atoms with van der Waals surface area (Å²) < 4.78 is 11.0. The van der Waals surface area contributed by atoms with E-state index in [0.717, 1.165) is 47.6 Å². The van der Waals surface area contributed by atoms with Crippen LogP contribution in [0.3, 0.4) is 0 Å². The highest BCUT2D eigenvalue weighted by atomic mass is 35.5. The van der Waals surface area contributed by atoms with Crippen molar-refractivity contribution in [3.63, 3.8) is 0 Å². The highest BCUT2D eigenvalue weighted by molar-refractivity contribution is 7.15. The van der Waals surface area contributed by atoms with Gasteiger partial charge in [-0.3, -0.25) is 4.90 Å². The second-order valence-corrected chi connectivity index (χ2v) is 9.52. The van der Waals surface area contributed by atoms with Crippen LogP contribution < -0.4 is 14.8 Å². The summed E-state index contributed by atoms with van der Waals surface area (Å²) in [7, 11) is 0. The van der Waals surface area contributed by atoms with Gasteiger partial charge in [0.1, 0.15) is 0 Å². The van der Waals surface area contributed by atoms with Gasteiger partial charge in [-0.05, 0) is 61.3 Å². The summed E-state index contributed by atoms with van der Waals surface area (Å²) in [4.78, 5) is 8.43. The van der Waals surface area contributed by atoms with Crippen LogP contribution in [0.5, 0.6) is 11.5 Å². The number of halogens is 1. The van der Waals surface area contributed by atoms with E-state index in [1.54, 1.807) is 11.3 Å². The summed E-state index contributed by atoms with van der Waals surface area (Å²) in [6.45, 7) is 6.63. The molecule has 2 heterocycles. The van der Waals surface area contributed by atoms with Crippen LogP contribution in [0.2, 0.25) is 5.02 Å². The van der Waals surface area contributed by atoms with Crippen LogP contribution in [0.15, 0.2) is 48.7 Å². The monoisotopic (exact) mass is 455 g/mol. The van der Waals surface area contributed by atoms with Gasteiger partial charge in [-0.15, -0.1) is 11.3 Å². The number of nitrogens with zero attached hydrogens (tertiary/aromatic N) is 2. The van der Waals surface area contributed by atoms with Crippen molar-refractivity contribution in [1.82, 2.24) is 9.88 Å². The molecule has 0 saturated heterocycles. The third kappa shape index (κ3) is 4.00. The fourth-order valence-electron chi connectivity index (χ4n) is 4.27. The normalized spacial score (nSPS) is 17.0. The van der Waals surface area contributed by atoms with Gasteiger partial charge in [-0.25, -0.2) is 4.98 Å². The lowest BCUT2D eigenvalue weighted by Gasteiger charge is -2.29. The summed E-state index contributed by atoms with van der Waals surface area (Å²) in [6, 6.07) is 14.6. The lowest BCUT2D eigenvalue weighted by molar-refractivity contribution is 0.174. The smallest absolute Gasteiger partial charge is 0.231 e. The van der Waals surface area contributed by atoms with Crippen LogP contribution >= 0.6 is 22.9 Å². The van der Waals surface area contributed by atoms with Gasteiger partial charge in [0.2, 0.25) is 6.79 Å². The fraction of sp³-hybridized carbons (Fsp3) is 0.375. The summed E-state index contributed by atoms with van der Waals surface area (Å²) in [5.41, 5.74) is 2.40. The van der Waals surface area contributed by atoms with Crippen LogP contribution in [0.25, 0.3) is 0 Å². The third-order valence-electron chi connectivity index (χ3n) is 6.18. The van der Waals surface area contributed by atoms with E-state index in [1.165, 1.54) is 16.0 Å². The molecule has 5 nitrogen and oxygen atoms in total. The Balaban J connectivity index is 1.41. The van der Waals surface area contributed by atoms with Crippen molar-refractivity contribution in [2.75, 3.05) is 25.2 Å². The first-order valence-corrected chi connectivity index (χ1v) is 11.9. The molecule has 1 fully saturated rings. The van der Waals surface area contributed by atoms with Gasteiger partial charge in [-0.2, -0.15) is 0 Å². The second-order valence-electron chi connectivity index (χ2n) is 8.02. The van der Waals surface area contributed by atoms with Gasteiger partial charge in [0, 0.05) is 16.1 Å². The van der Waals surface area contributed by atoms with Crippen LogP contribution in [-0.4, -0.2) is 29.8 Å². The number of hydrogen-bond acceptors (Lipinski definition) is 6. The zero-order chi connectivity index (χ0) is 21.4. The maximum absolute atomic E-state index is 6.14. The van der Waals surface area contributed by atoms with Gasteiger partial charge in [0.15, 0.2) is 16.6 Å². The van der Waals surface area contributed by atoms with Crippen molar-refractivity contribution < 1.29 is 9.47 Å². The largest absolute Gasteiger partial charge is 0.454 e. The van der Waals surface area contributed by atoms with Crippen molar-refractivity contribution in [3.8, 4) is 11.5 Å². The summed E-state index contributed by atoms with van der Waals surface area (Å²) in [5, 5.41) is 5.43. The molecule has 2 aromatic carbocycles. The average molecular weight is 456 g/mol. The molecule has 0 radical (unpaired) electrons. The van der Waals surface area contributed by atoms with Gasteiger partial charge in [-0.1, -0.05) is 43.6 Å². The van der Waals surface area contributed by atoms with E-state index in [4.69, 9.17) is 26.1 Å². The Bertz CT molecular complexity index is 1060. The molecule has 1 N–H and O–H groups in total. The number of benzene rings is 2. The number of ether oxygens (including phenoxy) is 2.